The third-order valence-electron chi connectivity index (χ3n) is 6.94. The number of anilines is 2. The van der Waals surface area contributed by atoms with E-state index in [2.05, 4.69) is 44.5 Å². The van der Waals surface area contributed by atoms with Crippen molar-refractivity contribution in [2.75, 3.05) is 50.0 Å². The van der Waals surface area contributed by atoms with E-state index in [1.807, 2.05) is 6.79 Å². The van der Waals surface area contributed by atoms with Gasteiger partial charge >= 0.3 is 0 Å². The van der Waals surface area contributed by atoms with Gasteiger partial charge in [-0.1, -0.05) is 6.07 Å². The molecule has 5 rings (SSSR count). The summed E-state index contributed by atoms with van der Waals surface area (Å²) in [6.07, 6.45) is 1.80. The number of aryl methyl sites for hydroxylation is 1. The highest BCUT2D eigenvalue weighted by Crippen LogP contribution is 2.31. The first-order valence-electron chi connectivity index (χ1n) is 12.1. The zero-order valence-electron chi connectivity index (χ0n) is 20.7. The number of hydrogen-bond donors (Lipinski definition) is 3. The number of halogens is 1. The van der Waals surface area contributed by atoms with E-state index >= 15 is 0 Å². The predicted molar refractivity (Wildman–Crippen MR) is 141 cm³/mol. The molecule has 0 bridgehead atoms. The number of H-pyrrole nitrogens is 1. The van der Waals surface area contributed by atoms with E-state index in [1.54, 1.807) is 12.1 Å². The molecular formula is C27H32FN5O3. The van der Waals surface area contributed by atoms with Crippen LogP contribution in [0.2, 0.25) is 0 Å². The minimum absolute atomic E-state index is 0.00883. The summed E-state index contributed by atoms with van der Waals surface area (Å²) in [7, 11) is 1.49. The number of hydrogen-bond acceptors (Lipinski definition) is 6. The fraction of sp³-hybridized carbons (Fsp3) is 0.370. The molecule has 2 aromatic carbocycles. The second-order valence-corrected chi connectivity index (χ2v) is 9.18. The van der Waals surface area contributed by atoms with Crippen LogP contribution in [0.5, 0.6) is 0 Å². The third kappa shape index (κ3) is 4.97. The number of nitrogens with one attached hydrogen (secondary N) is 3. The van der Waals surface area contributed by atoms with Crippen molar-refractivity contribution >= 4 is 35.0 Å². The highest BCUT2D eigenvalue weighted by molar-refractivity contribution is 5.96. The van der Waals surface area contributed by atoms with Crippen LogP contribution in [-0.2, 0) is 17.8 Å². The van der Waals surface area contributed by atoms with Crippen LogP contribution in [0.15, 0.2) is 35.1 Å². The summed E-state index contributed by atoms with van der Waals surface area (Å²) >= 11 is 0. The maximum Gasteiger partial charge on any atom is 0.253 e. The Kier molecular flexibility index (Phi) is 7.69. The lowest BCUT2D eigenvalue weighted by atomic mass is 9.97. The Hall–Kier alpha value is -3.72. The van der Waals surface area contributed by atoms with Crippen molar-refractivity contribution in [1.82, 2.24) is 15.2 Å². The fourth-order valence-corrected chi connectivity index (χ4v) is 5.20. The number of aromatic nitrogens is 1. The first-order chi connectivity index (χ1) is 17.4. The second-order valence-electron chi connectivity index (χ2n) is 9.18. The maximum atomic E-state index is 14.4. The van der Waals surface area contributed by atoms with E-state index in [9.17, 15) is 14.0 Å². The number of amides is 1. The molecule has 9 heteroatoms. The highest BCUT2D eigenvalue weighted by atomic mass is 19.1. The Morgan fingerprint density at radius 1 is 1.14 bits per heavy atom. The van der Waals surface area contributed by atoms with Crippen LogP contribution in [0.4, 0.5) is 15.8 Å². The number of carbonyl (C=O) groups excluding carboxylic acids is 2. The van der Waals surface area contributed by atoms with Gasteiger partial charge in [-0.25, -0.2) is 4.39 Å². The molecule has 0 atom stereocenters. The van der Waals surface area contributed by atoms with E-state index in [-0.39, 0.29) is 11.1 Å². The molecule has 0 saturated carbocycles. The van der Waals surface area contributed by atoms with Gasteiger partial charge in [0.05, 0.1) is 16.8 Å². The molecule has 0 radical (unpaired) electrons. The average molecular weight is 494 g/mol. The van der Waals surface area contributed by atoms with Crippen LogP contribution in [0.25, 0.3) is 10.9 Å². The van der Waals surface area contributed by atoms with Crippen LogP contribution in [0.1, 0.15) is 33.5 Å². The lowest BCUT2D eigenvalue weighted by molar-refractivity contribution is -0.0980. The Morgan fingerprint density at radius 2 is 1.89 bits per heavy atom. The smallest absolute Gasteiger partial charge is 0.253 e. The summed E-state index contributed by atoms with van der Waals surface area (Å²) in [6, 6.07) is 9.11. The molecule has 1 fully saturated rings. The van der Waals surface area contributed by atoms with Gasteiger partial charge in [0.25, 0.3) is 11.5 Å². The fourth-order valence-electron chi connectivity index (χ4n) is 5.20. The topological polar surface area (TPSA) is 97.5 Å². The van der Waals surface area contributed by atoms with Gasteiger partial charge in [0.1, 0.15) is 12.6 Å². The summed E-state index contributed by atoms with van der Waals surface area (Å²) in [5, 5.41) is 7.02. The molecule has 36 heavy (non-hydrogen) atoms. The number of piperazine rings is 1. The normalized spacial score (nSPS) is 15.5. The molecule has 0 aliphatic carbocycles. The SMILES string of the molecule is C=O.CNC(=O)c1ccc(N2CCN(Cc3cc(C)c4c5c(c(=O)[nH]c4c3)CCCN5)CC2)cc1F. The van der Waals surface area contributed by atoms with Gasteiger partial charge in [0, 0.05) is 63.0 Å². The van der Waals surface area contributed by atoms with Gasteiger partial charge in [0.2, 0.25) is 0 Å². The molecular weight excluding hydrogens is 461 g/mol. The van der Waals surface area contributed by atoms with Crippen molar-refractivity contribution in [2.24, 2.45) is 0 Å². The number of pyridine rings is 1. The van der Waals surface area contributed by atoms with Gasteiger partial charge in [-0.15, -0.1) is 0 Å². The molecule has 8 nitrogen and oxygen atoms in total. The summed E-state index contributed by atoms with van der Waals surface area (Å²) in [6.45, 7) is 9.04. The van der Waals surface area contributed by atoms with Gasteiger partial charge in [-0.05, 0) is 55.2 Å². The first kappa shape index (κ1) is 25.4. The van der Waals surface area contributed by atoms with Crippen molar-refractivity contribution in [3.8, 4) is 0 Å². The number of fused-ring (bicyclic) bond motifs is 3. The molecule has 2 aliphatic rings. The number of carbonyl (C=O) groups is 2. The lowest BCUT2D eigenvalue weighted by Gasteiger charge is -2.36. The number of nitrogens with zero attached hydrogens (tertiary/aromatic N) is 2. The zero-order valence-corrected chi connectivity index (χ0v) is 20.7. The van der Waals surface area contributed by atoms with Crippen molar-refractivity contribution in [3.05, 3.63) is 68.8 Å². The predicted octanol–water partition coefficient (Wildman–Crippen LogP) is 2.83. The van der Waals surface area contributed by atoms with E-state index in [1.165, 1.54) is 24.2 Å². The molecule has 1 aromatic heterocycles. The number of aromatic amines is 1. The monoisotopic (exact) mass is 493 g/mol. The molecule has 3 aromatic rings. The van der Waals surface area contributed by atoms with E-state index < -0.39 is 11.7 Å². The Balaban J connectivity index is 0.00000148. The van der Waals surface area contributed by atoms with Crippen molar-refractivity contribution in [2.45, 2.75) is 26.3 Å². The van der Waals surface area contributed by atoms with Crippen LogP contribution in [0.3, 0.4) is 0 Å². The summed E-state index contributed by atoms with van der Waals surface area (Å²) in [4.78, 5) is 40.0. The molecule has 3 heterocycles. The molecule has 0 spiro atoms. The van der Waals surface area contributed by atoms with Crippen LogP contribution in [0, 0.1) is 12.7 Å². The van der Waals surface area contributed by atoms with Gasteiger partial charge in [0.15, 0.2) is 0 Å². The zero-order chi connectivity index (χ0) is 25.8. The molecule has 190 valence electrons. The van der Waals surface area contributed by atoms with Crippen molar-refractivity contribution < 1.29 is 14.0 Å². The molecule has 0 unspecified atom stereocenters. The van der Waals surface area contributed by atoms with Crippen molar-refractivity contribution in [1.29, 1.82) is 0 Å². The summed E-state index contributed by atoms with van der Waals surface area (Å²) in [5.74, 6) is -0.922. The highest BCUT2D eigenvalue weighted by Gasteiger charge is 2.21. The Labute approximate surface area is 209 Å². The second kappa shape index (κ2) is 10.9. The van der Waals surface area contributed by atoms with Gasteiger partial charge in [-0.2, -0.15) is 0 Å². The minimum atomic E-state index is -0.503. The first-order valence-corrected chi connectivity index (χ1v) is 12.1. The standard InChI is InChI=1S/C26H30FN5O2.CH2O/c1-16-12-17(13-22-23(16)24-20(26(34)30-22)4-3-7-29-24)15-31-8-10-32(11-9-31)18-5-6-19(21(27)14-18)25(33)28-2;1-2/h5-6,12-14,29H,3-4,7-11,15H2,1-2H3,(H,28,33)(H,30,34);1H2. The quantitative estimate of drug-likeness (QED) is 0.517. The minimum Gasteiger partial charge on any atom is -0.384 e. The largest absolute Gasteiger partial charge is 0.384 e. The van der Waals surface area contributed by atoms with E-state index in [4.69, 9.17) is 4.79 Å². The molecule has 2 aliphatic heterocycles. The van der Waals surface area contributed by atoms with Crippen molar-refractivity contribution in [3.63, 3.8) is 0 Å². The molecule has 3 N–H and O–H groups in total. The van der Waals surface area contributed by atoms with Crippen LogP contribution < -0.4 is 21.1 Å². The summed E-state index contributed by atoms with van der Waals surface area (Å²) < 4.78 is 14.4. The lowest BCUT2D eigenvalue weighted by Crippen LogP contribution is -2.46. The average Bonchev–Trinajstić information content (AvgIpc) is 2.89. The summed E-state index contributed by atoms with van der Waals surface area (Å²) in [5.41, 5.74) is 5.95. The van der Waals surface area contributed by atoms with E-state index in [0.29, 0.717) is 0 Å². The number of rotatable bonds is 4. The van der Waals surface area contributed by atoms with Gasteiger partial charge in [-0.3, -0.25) is 14.5 Å². The van der Waals surface area contributed by atoms with Gasteiger partial charge < -0.3 is 25.3 Å². The number of benzene rings is 2. The Morgan fingerprint density at radius 3 is 2.58 bits per heavy atom. The van der Waals surface area contributed by atoms with Crippen LogP contribution in [-0.4, -0.2) is 62.4 Å². The molecule has 1 saturated heterocycles. The van der Waals surface area contributed by atoms with Crippen LogP contribution >= 0.6 is 0 Å². The molecule has 1 amide bonds. The maximum absolute atomic E-state index is 14.4. The van der Waals surface area contributed by atoms with E-state index in [0.717, 1.165) is 80.0 Å². The third-order valence-corrected chi connectivity index (χ3v) is 6.94. The Bertz CT molecular complexity index is 1330.